The van der Waals surface area contributed by atoms with E-state index < -0.39 is 0 Å². The van der Waals surface area contributed by atoms with E-state index in [9.17, 15) is 9.59 Å². The molecule has 1 aromatic heterocycles. The summed E-state index contributed by atoms with van der Waals surface area (Å²) in [4.78, 5) is 26.4. The Bertz CT molecular complexity index is 1460. The third kappa shape index (κ3) is 5.10. The van der Waals surface area contributed by atoms with E-state index in [4.69, 9.17) is 21.1 Å². The number of amides is 1. The Hall–Kier alpha value is -3.97. The average molecular weight is 490 g/mol. The third-order valence-corrected chi connectivity index (χ3v) is 6.01. The summed E-state index contributed by atoms with van der Waals surface area (Å²) >= 11 is 6.03. The van der Waals surface area contributed by atoms with Gasteiger partial charge in [-0.2, -0.15) is 0 Å². The molecule has 1 aliphatic rings. The second kappa shape index (κ2) is 9.72. The van der Waals surface area contributed by atoms with Crippen molar-refractivity contribution >= 4 is 39.8 Å². The van der Waals surface area contributed by atoms with Crippen LogP contribution in [0.1, 0.15) is 11.1 Å². The van der Waals surface area contributed by atoms with Crippen LogP contribution in [0.15, 0.2) is 71.5 Å². The lowest BCUT2D eigenvalue weighted by Crippen LogP contribution is -2.31. The molecule has 0 unspecified atom stereocenters. The van der Waals surface area contributed by atoms with Crippen LogP contribution in [-0.2, 0) is 17.9 Å². The Morgan fingerprint density at radius 2 is 1.71 bits per heavy atom. The third-order valence-electron chi connectivity index (χ3n) is 5.78. The Morgan fingerprint density at radius 1 is 0.971 bits per heavy atom. The van der Waals surface area contributed by atoms with Crippen LogP contribution in [0, 0.1) is 6.92 Å². The van der Waals surface area contributed by atoms with Gasteiger partial charge in [-0.3, -0.25) is 14.2 Å². The largest absolute Gasteiger partial charge is 0.486 e. The summed E-state index contributed by atoms with van der Waals surface area (Å²) in [6.07, 6.45) is 0. The van der Waals surface area contributed by atoms with Gasteiger partial charge < -0.3 is 20.1 Å². The van der Waals surface area contributed by atoms with Gasteiger partial charge in [-0.1, -0.05) is 35.4 Å². The van der Waals surface area contributed by atoms with E-state index in [0.717, 1.165) is 16.6 Å². The number of hydrogen-bond donors (Lipinski definition) is 2. The number of halogens is 1. The number of benzene rings is 3. The van der Waals surface area contributed by atoms with Gasteiger partial charge in [-0.15, -0.1) is 0 Å². The molecule has 178 valence electrons. The molecule has 35 heavy (non-hydrogen) atoms. The first-order valence-corrected chi connectivity index (χ1v) is 11.7. The lowest BCUT2D eigenvalue weighted by Gasteiger charge is -2.21. The number of fused-ring (bicyclic) bond motifs is 2. The number of rotatable bonds is 6. The van der Waals surface area contributed by atoms with E-state index in [1.54, 1.807) is 30.3 Å². The summed E-state index contributed by atoms with van der Waals surface area (Å²) in [6, 6.07) is 20.3. The van der Waals surface area contributed by atoms with Crippen LogP contribution >= 0.6 is 11.6 Å². The van der Waals surface area contributed by atoms with E-state index in [1.807, 2.05) is 43.3 Å². The maximum atomic E-state index is 13.5. The highest BCUT2D eigenvalue weighted by atomic mass is 35.5. The molecule has 2 heterocycles. The molecule has 4 aromatic rings. The maximum Gasteiger partial charge on any atom is 0.256 e. The average Bonchev–Trinajstić information content (AvgIpc) is 2.85. The summed E-state index contributed by atoms with van der Waals surface area (Å²) in [5.41, 5.74) is 3.50. The van der Waals surface area contributed by atoms with Crippen molar-refractivity contribution in [3.63, 3.8) is 0 Å². The standard InChI is InChI=1S/C27H24ClN3O4/c1-17-5-7-21(8-6-17)29-15-19-11-18-12-24-25(35-10-9-34-24)14-23(18)31(27(19)33)16-26(32)30-22-4-2-3-20(28)13-22/h2-8,11-14,29H,9-10,15-16H2,1H3,(H,30,32). The number of pyridine rings is 1. The Kier molecular flexibility index (Phi) is 6.33. The smallest absolute Gasteiger partial charge is 0.256 e. The molecule has 3 aromatic carbocycles. The van der Waals surface area contributed by atoms with Crippen molar-refractivity contribution in [2.24, 2.45) is 0 Å². The first kappa shape index (κ1) is 22.8. The zero-order chi connectivity index (χ0) is 24.4. The van der Waals surface area contributed by atoms with Crippen LogP contribution in [0.3, 0.4) is 0 Å². The summed E-state index contributed by atoms with van der Waals surface area (Å²) in [5.74, 6) is 0.835. The molecule has 0 radical (unpaired) electrons. The number of aromatic nitrogens is 1. The predicted molar refractivity (Wildman–Crippen MR) is 138 cm³/mol. The second-order valence-electron chi connectivity index (χ2n) is 8.39. The molecule has 0 saturated carbocycles. The summed E-state index contributed by atoms with van der Waals surface area (Å²) in [6.45, 7) is 3.05. The molecular weight excluding hydrogens is 466 g/mol. The molecule has 2 N–H and O–H groups in total. The lowest BCUT2D eigenvalue weighted by atomic mass is 10.1. The minimum atomic E-state index is -0.339. The molecule has 5 rings (SSSR count). The highest BCUT2D eigenvalue weighted by Crippen LogP contribution is 2.34. The van der Waals surface area contributed by atoms with Gasteiger partial charge in [0.05, 0.1) is 5.52 Å². The monoisotopic (exact) mass is 489 g/mol. The van der Waals surface area contributed by atoms with Crippen molar-refractivity contribution in [1.82, 2.24) is 4.57 Å². The van der Waals surface area contributed by atoms with Gasteiger partial charge >= 0.3 is 0 Å². The van der Waals surface area contributed by atoms with Gasteiger partial charge in [0.2, 0.25) is 5.91 Å². The van der Waals surface area contributed by atoms with Crippen molar-refractivity contribution in [1.29, 1.82) is 0 Å². The summed E-state index contributed by atoms with van der Waals surface area (Å²) < 4.78 is 12.9. The van der Waals surface area contributed by atoms with Crippen molar-refractivity contribution < 1.29 is 14.3 Å². The fourth-order valence-electron chi connectivity index (χ4n) is 4.04. The van der Waals surface area contributed by atoms with Crippen molar-refractivity contribution in [2.45, 2.75) is 20.0 Å². The van der Waals surface area contributed by atoms with Gasteiger partial charge in [0, 0.05) is 40.0 Å². The van der Waals surface area contributed by atoms with Gasteiger partial charge in [0.1, 0.15) is 19.8 Å². The number of hydrogen-bond acceptors (Lipinski definition) is 5. The number of carbonyl (C=O) groups is 1. The number of nitrogens with zero attached hydrogens (tertiary/aromatic N) is 1. The molecule has 0 atom stereocenters. The Morgan fingerprint density at radius 3 is 2.46 bits per heavy atom. The van der Waals surface area contributed by atoms with E-state index in [-0.39, 0.29) is 18.0 Å². The van der Waals surface area contributed by atoms with Gasteiger partial charge in [-0.25, -0.2) is 0 Å². The quantitative estimate of drug-likeness (QED) is 0.399. The van der Waals surface area contributed by atoms with E-state index in [1.165, 1.54) is 4.57 Å². The van der Waals surface area contributed by atoms with Crippen molar-refractivity contribution in [3.05, 3.63) is 93.2 Å². The van der Waals surface area contributed by atoms with Gasteiger partial charge in [0.15, 0.2) is 11.5 Å². The maximum absolute atomic E-state index is 13.5. The highest BCUT2D eigenvalue weighted by molar-refractivity contribution is 6.30. The fraction of sp³-hybridized carbons (Fsp3) is 0.185. The van der Waals surface area contributed by atoms with Crippen LogP contribution in [0.4, 0.5) is 11.4 Å². The molecule has 0 saturated heterocycles. The van der Waals surface area contributed by atoms with Crippen molar-refractivity contribution in [3.8, 4) is 11.5 Å². The van der Waals surface area contributed by atoms with E-state index in [0.29, 0.717) is 53.0 Å². The van der Waals surface area contributed by atoms with Crippen LogP contribution in [-0.4, -0.2) is 23.7 Å². The summed E-state index contributed by atoms with van der Waals surface area (Å²) in [7, 11) is 0. The molecule has 0 aliphatic carbocycles. The molecule has 0 bridgehead atoms. The molecule has 1 aliphatic heterocycles. The Labute approximate surface area is 207 Å². The van der Waals surface area contributed by atoms with Gasteiger partial charge in [-0.05, 0) is 49.4 Å². The number of carbonyl (C=O) groups excluding carboxylic acids is 1. The van der Waals surface area contributed by atoms with Crippen molar-refractivity contribution in [2.75, 3.05) is 23.8 Å². The van der Waals surface area contributed by atoms with Gasteiger partial charge in [0.25, 0.3) is 5.56 Å². The molecule has 0 spiro atoms. The molecular formula is C27H24ClN3O4. The van der Waals surface area contributed by atoms with E-state index in [2.05, 4.69) is 10.6 Å². The molecule has 0 fully saturated rings. The summed E-state index contributed by atoms with van der Waals surface area (Å²) in [5, 5.41) is 7.41. The zero-order valence-electron chi connectivity index (χ0n) is 19.1. The number of ether oxygens (including phenoxy) is 2. The van der Waals surface area contributed by atoms with Crippen LogP contribution in [0.2, 0.25) is 5.02 Å². The van der Waals surface area contributed by atoms with Crippen LogP contribution in [0.25, 0.3) is 10.9 Å². The molecule has 8 heteroatoms. The normalized spacial score (nSPS) is 12.4. The van der Waals surface area contributed by atoms with Crippen LogP contribution in [0.5, 0.6) is 11.5 Å². The zero-order valence-corrected chi connectivity index (χ0v) is 19.9. The SMILES string of the molecule is Cc1ccc(NCc2cc3cc4c(cc3n(CC(=O)Nc3cccc(Cl)c3)c2=O)OCCO4)cc1. The van der Waals surface area contributed by atoms with Crippen LogP contribution < -0.4 is 25.7 Å². The van der Waals surface area contributed by atoms with E-state index >= 15 is 0 Å². The minimum Gasteiger partial charge on any atom is -0.486 e. The first-order valence-electron chi connectivity index (χ1n) is 11.3. The highest BCUT2D eigenvalue weighted by Gasteiger charge is 2.18. The fourth-order valence-corrected chi connectivity index (χ4v) is 4.23. The number of anilines is 2. The molecule has 7 nitrogen and oxygen atoms in total. The second-order valence-corrected chi connectivity index (χ2v) is 8.83. The predicted octanol–water partition coefficient (Wildman–Crippen LogP) is 4.99. The minimum absolute atomic E-state index is 0.167. The Balaban J connectivity index is 1.51. The molecule has 1 amide bonds. The number of nitrogens with one attached hydrogen (secondary N) is 2. The first-order chi connectivity index (χ1) is 17.0. The lowest BCUT2D eigenvalue weighted by molar-refractivity contribution is -0.116. The number of aryl methyl sites for hydroxylation is 1. The topological polar surface area (TPSA) is 81.6 Å².